The molecular formula is C11H20O3. The average Bonchev–Trinajstić information content (AvgIpc) is 2.18. The Labute approximate surface area is 85.5 Å². The SMILES string of the molecule is CCCCCC[C@@](C=O)(CC)C(=O)O. The third kappa shape index (κ3) is 3.48. The third-order valence-electron chi connectivity index (χ3n) is 2.76. The minimum absolute atomic E-state index is 0.387. The minimum Gasteiger partial charge on any atom is -0.481 e. The molecule has 0 aliphatic rings. The van der Waals surface area contributed by atoms with Crippen LogP contribution in [-0.2, 0) is 9.59 Å². The summed E-state index contributed by atoms with van der Waals surface area (Å²) in [5.74, 6) is -0.980. The second kappa shape index (κ2) is 6.57. The molecule has 0 radical (unpaired) electrons. The van der Waals surface area contributed by atoms with E-state index in [-0.39, 0.29) is 0 Å². The van der Waals surface area contributed by atoms with Gasteiger partial charge in [-0.2, -0.15) is 0 Å². The number of hydrogen-bond donors (Lipinski definition) is 1. The van der Waals surface area contributed by atoms with E-state index in [1.165, 1.54) is 0 Å². The topological polar surface area (TPSA) is 54.4 Å². The van der Waals surface area contributed by atoms with Crippen molar-refractivity contribution in [3.8, 4) is 0 Å². The smallest absolute Gasteiger partial charge is 0.316 e. The van der Waals surface area contributed by atoms with Crippen LogP contribution in [0, 0.1) is 5.41 Å². The minimum atomic E-state index is -1.13. The first-order valence-electron chi connectivity index (χ1n) is 5.32. The zero-order valence-corrected chi connectivity index (χ0v) is 9.08. The maximum atomic E-state index is 10.9. The van der Waals surface area contributed by atoms with Crippen LogP contribution in [0.25, 0.3) is 0 Å². The molecule has 0 heterocycles. The Morgan fingerprint density at radius 2 is 1.93 bits per heavy atom. The summed E-state index contributed by atoms with van der Waals surface area (Å²) in [6.07, 6.45) is 5.53. The van der Waals surface area contributed by atoms with E-state index < -0.39 is 11.4 Å². The molecule has 0 unspecified atom stereocenters. The largest absolute Gasteiger partial charge is 0.481 e. The lowest BCUT2D eigenvalue weighted by atomic mass is 9.81. The maximum Gasteiger partial charge on any atom is 0.316 e. The molecule has 82 valence electrons. The van der Waals surface area contributed by atoms with Crippen molar-refractivity contribution in [2.24, 2.45) is 5.41 Å². The summed E-state index contributed by atoms with van der Waals surface area (Å²) in [4.78, 5) is 21.7. The fourth-order valence-corrected chi connectivity index (χ4v) is 1.49. The molecule has 0 fully saturated rings. The van der Waals surface area contributed by atoms with Crippen LogP contribution in [0.3, 0.4) is 0 Å². The normalized spacial score (nSPS) is 14.7. The Morgan fingerprint density at radius 1 is 1.29 bits per heavy atom. The lowest BCUT2D eigenvalue weighted by Gasteiger charge is -2.20. The van der Waals surface area contributed by atoms with Gasteiger partial charge >= 0.3 is 5.97 Å². The molecule has 1 atom stereocenters. The van der Waals surface area contributed by atoms with Crippen molar-refractivity contribution in [3.63, 3.8) is 0 Å². The molecule has 0 aromatic heterocycles. The fourth-order valence-electron chi connectivity index (χ4n) is 1.49. The Morgan fingerprint density at radius 3 is 2.29 bits per heavy atom. The van der Waals surface area contributed by atoms with Gasteiger partial charge in [0, 0.05) is 0 Å². The zero-order valence-electron chi connectivity index (χ0n) is 9.08. The van der Waals surface area contributed by atoms with Gasteiger partial charge < -0.3 is 9.90 Å². The van der Waals surface area contributed by atoms with Crippen molar-refractivity contribution in [2.75, 3.05) is 0 Å². The summed E-state index contributed by atoms with van der Waals surface area (Å²) < 4.78 is 0. The number of carboxylic acid groups (broad SMARTS) is 1. The van der Waals surface area contributed by atoms with Crippen molar-refractivity contribution >= 4 is 12.3 Å². The highest BCUT2D eigenvalue weighted by Gasteiger charge is 2.35. The van der Waals surface area contributed by atoms with E-state index in [0.29, 0.717) is 19.1 Å². The van der Waals surface area contributed by atoms with E-state index in [0.717, 1.165) is 25.7 Å². The quantitative estimate of drug-likeness (QED) is 0.372. The van der Waals surface area contributed by atoms with Crippen molar-refractivity contribution < 1.29 is 14.7 Å². The summed E-state index contributed by atoms with van der Waals surface area (Å²) >= 11 is 0. The highest BCUT2D eigenvalue weighted by molar-refractivity contribution is 5.91. The number of aliphatic carboxylic acids is 1. The third-order valence-corrected chi connectivity index (χ3v) is 2.76. The second-order valence-electron chi connectivity index (χ2n) is 3.74. The van der Waals surface area contributed by atoms with Crippen LogP contribution in [-0.4, -0.2) is 17.4 Å². The van der Waals surface area contributed by atoms with Gasteiger partial charge in [0.15, 0.2) is 0 Å². The average molecular weight is 200 g/mol. The molecule has 0 aromatic carbocycles. The summed E-state index contributed by atoms with van der Waals surface area (Å²) in [5.41, 5.74) is -1.13. The Kier molecular flexibility index (Phi) is 6.17. The van der Waals surface area contributed by atoms with Crippen molar-refractivity contribution in [1.29, 1.82) is 0 Å². The molecule has 0 aliphatic heterocycles. The second-order valence-corrected chi connectivity index (χ2v) is 3.74. The number of carbonyl (C=O) groups is 2. The summed E-state index contributed by atoms with van der Waals surface area (Å²) in [6.45, 7) is 3.85. The molecule has 0 rings (SSSR count). The number of hydrogen-bond acceptors (Lipinski definition) is 2. The molecule has 0 amide bonds. The predicted octanol–water partition coefficient (Wildman–Crippen LogP) is 2.64. The van der Waals surface area contributed by atoms with Crippen LogP contribution in [0.15, 0.2) is 0 Å². The summed E-state index contributed by atoms with van der Waals surface area (Å²) in [5, 5.41) is 8.95. The first-order valence-corrected chi connectivity index (χ1v) is 5.32. The van der Waals surface area contributed by atoms with Gasteiger partial charge in [-0.1, -0.05) is 39.5 Å². The molecule has 0 saturated heterocycles. The number of carbonyl (C=O) groups excluding carboxylic acids is 1. The van der Waals surface area contributed by atoms with Crippen molar-refractivity contribution in [2.45, 2.75) is 52.4 Å². The van der Waals surface area contributed by atoms with Crippen LogP contribution in [0.2, 0.25) is 0 Å². The molecule has 0 aliphatic carbocycles. The number of carboxylic acids is 1. The van der Waals surface area contributed by atoms with Crippen LogP contribution < -0.4 is 0 Å². The van der Waals surface area contributed by atoms with Gasteiger partial charge in [0.2, 0.25) is 0 Å². The Hall–Kier alpha value is -0.860. The van der Waals surface area contributed by atoms with E-state index in [2.05, 4.69) is 6.92 Å². The number of rotatable bonds is 8. The standard InChI is InChI=1S/C11H20O3/c1-3-5-6-7-8-11(4-2,9-12)10(13)14/h9H,3-8H2,1-2H3,(H,13,14)/t11-/m1/s1. The Balaban J connectivity index is 4.09. The highest BCUT2D eigenvalue weighted by atomic mass is 16.4. The lowest BCUT2D eigenvalue weighted by molar-refractivity contribution is -0.152. The van der Waals surface area contributed by atoms with Gasteiger partial charge in [-0.25, -0.2) is 0 Å². The van der Waals surface area contributed by atoms with E-state index in [4.69, 9.17) is 5.11 Å². The van der Waals surface area contributed by atoms with Crippen molar-refractivity contribution in [1.82, 2.24) is 0 Å². The van der Waals surface area contributed by atoms with Gasteiger partial charge in [-0.3, -0.25) is 4.79 Å². The maximum absolute atomic E-state index is 10.9. The molecule has 0 saturated carbocycles. The van der Waals surface area contributed by atoms with Crippen LogP contribution >= 0.6 is 0 Å². The lowest BCUT2D eigenvalue weighted by Crippen LogP contribution is -2.31. The van der Waals surface area contributed by atoms with Gasteiger partial charge in [0.05, 0.1) is 0 Å². The highest BCUT2D eigenvalue weighted by Crippen LogP contribution is 2.27. The number of unbranched alkanes of at least 4 members (excludes halogenated alkanes) is 3. The molecular weight excluding hydrogens is 180 g/mol. The van der Waals surface area contributed by atoms with E-state index >= 15 is 0 Å². The monoisotopic (exact) mass is 200 g/mol. The van der Waals surface area contributed by atoms with E-state index in [1.807, 2.05) is 0 Å². The van der Waals surface area contributed by atoms with Gasteiger partial charge in [-0.15, -0.1) is 0 Å². The molecule has 0 aromatic rings. The van der Waals surface area contributed by atoms with Crippen molar-refractivity contribution in [3.05, 3.63) is 0 Å². The fraction of sp³-hybridized carbons (Fsp3) is 0.818. The first kappa shape index (κ1) is 13.1. The molecule has 0 spiro atoms. The summed E-state index contributed by atoms with van der Waals surface area (Å²) in [6, 6.07) is 0. The molecule has 3 heteroatoms. The van der Waals surface area contributed by atoms with Crippen LogP contribution in [0.1, 0.15) is 52.4 Å². The molecule has 0 bridgehead atoms. The van der Waals surface area contributed by atoms with Gasteiger partial charge in [0.1, 0.15) is 11.7 Å². The Bertz CT molecular complexity index is 189. The molecule has 3 nitrogen and oxygen atoms in total. The molecule has 1 N–H and O–H groups in total. The molecule has 14 heavy (non-hydrogen) atoms. The van der Waals surface area contributed by atoms with Gasteiger partial charge in [-0.05, 0) is 12.8 Å². The summed E-state index contributed by atoms with van der Waals surface area (Å²) in [7, 11) is 0. The van der Waals surface area contributed by atoms with E-state index in [1.54, 1.807) is 6.92 Å². The zero-order chi connectivity index (χ0) is 11.0. The van der Waals surface area contributed by atoms with Gasteiger partial charge in [0.25, 0.3) is 0 Å². The number of aldehydes is 1. The van der Waals surface area contributed by atoms with Crippen LogP contribution in [0.5, 0.6) is 0 Å². The van der Waals surface area contributed by atoms with E-state index in [9.17, 15) is 9.59 Å². The van der Waals surface area contributed by atoms with Crippen LogP contribution in [0.4, 0.5) is 0 Å². The first-order chi connectivity index (χ1) is 6.63. The predicted molar refractivity (Wildman–Crippen MR) is 55.2 cm³/mol.